The number of ether oxygens (including phenoxy) is 1. The maximum Gasteiger partial charge on any atom is 0.306 e. The number of hydrogen-bond acceptors (Lipinski definition) is 5. The molecule has 136 valence electrons. The average molecular weight is 372 g/mol. The number of primary amides is 1. The number of nitrogens with one attached hydrogen (secondary N) is 1. The summed E-state index contributed by atoms with van der Waals surface area (Å²) in [5, 5.41) is 3.10. The summed E-state index contributed by atoms with van der Waals surface area (Å²) in [5.74, 6) is -1.45. The third-order valence-corrected chi connectivity index (χ3v) is 5.45. The van der Waals surface area contributed by atoms with Crippen molar-refractivity contribution in [3.05, 3.63) is 51.9 Å². The molecule has 0 spiro atoms. The minimum atomic E-state index is -0.542. The largest absolute Gasteiger partial charge is 0.456 e. The molecule has 0 saturated carbocycles. The summed E-state index contributed by atoms with van der Waals surface area (Å²) in [6, 6.07) is 9.58. The van der Waals surface area contributed by atoms with Gasteiger partial charge in [-0.2, -0.15) is 0 Å². The van der Waals surface area contributed by atoms with Crippen molar-refractivity contribution in [1.82, 2.24) is 0 Å². The van der Waals surface area contributed by atoms with Crippen molar-refractivity contribution in [3.63, 3.8) is 0 Å². The molecule has 0 atom stereocenters. The van der Waals surface area contributed by atoms with E-state index in [2.05, 4.69) is 5.32 Å². The Labute approximate surface area is 155 Å². The first-order chi connectivity index (χ1) is 12.5. The van der Waals surface area contributed by atoms with Gasteiger partial charge in [-0.15, -0.1) is 11.3 Å². The summed E-state index contributed by atoms with van der Waals surface area (Å²) in [4.78, 5) is 36.6. The molecule has 0 unspecified atom stereocenters. The number of nitrogens with two attached hydrogens (primary N) is 1. The lowest BCUT2D eigenvalue weighted by Gasteiger charge is -2.07. The minimum Gasteiger partial charge on any atom is -0.456 e. The molecule has 7 heteroatoms. The first kappa shape index (κ1) is 18.1. The maximum atomic E-state index is 12.1. The number of rotatable bonds is 7. The SMILES string of the molecule is NC(=O)c1c(NC(=O)COC(=O)CCc2ccccc2)sc2c1CCC2. The summed E-state index contributed by atoms with van der Waals surface area (Å²) in [6.07, 6.45) is 3.45. The molecule has 3 N–H and O–H groups in total. The van der Waals surface area contributed by atoms with Gasteiger partial charge in [0.15, 0.2) is 6.61 Å². The number of carbonyl (C=O) groups is 3. The van der Waals surface area contributed by atoms with Crippen molar-refractivity contribution in [3.8, 4) is 0 Å². The Bertz CT molecular complexity index is 830. The van der Waals surface area contributed by atoms with E-state index < -0.39 is 17.8 Å². The summed E-state index contributed by atoms with van der Waals surface area (Å²) in [5.41, 5.74) is 7.83. The second-order valence-electron chi connectivity index (χ2n) is 6.12. The van der Waals surface area contributed by atoms with Gasteiger partial charge in [-0.25, -0.2) is 0 Å². The second-order valence-corrected chi connectivity index (χ2v) is 7.23. The smallest absolute Gasteiger partial charge is 0.306 e. The van der Waals surface area contributed by atoms with Gasteiger partial charge < -0.3 is 15.8 Å². The lowest BCUT2D eigenvalue weighted by molar-refractivity contribution is -0.147. The first-order valence-corrected chi connectivity index (χ1v) is 9.30. The predicted octanol–water partition coefficient (Wildman–Crippen LogP) is 2.45. The fourth-order valence-corrected chi connectivity index (χ4v) is 4.34. The van der Waals surface area contributed by atoms with Crippen LogP contribution in [0.2, 0.25) is 0 Å². The molecule has 1 aliphatic carbocycles. The van der Waals surface area contributed by atoms with Crippen LogP contribution in [0.1, 0.15) is 39.2 Å². The van der Waals surface area contributed by atoms with Crippen LogP contribution < -0.4 is 11.1 Å². The van der Waals surface area contributed by atoms with E-state index >= 15 is 0 Å². The van der Waals surface area contributed by atoms with Crippen LogP contribution in [-0.4, -0.2) is 24.4 Å². The summed E-state index contributed by atoms with van der Waals surface area (Å²) >= 11 is 1.37. The van der Waals surface area contributed by atoms with Crippen LogP contribution >= 0.6 is 11.3 Å². The monoisotopic (exact) mass is 372 g/mol. The topological polar surface area (TPSA) is 98.5 Å². The fraction of sp³-hybridized carbons (Fsp3) is 0.316. The van der Waals surface area contributed by atoms with Crippen molar-refractivity contribution < 1.29 is 19.1 Å². The first-order valence-electron chi connectivity index (χ1n) is 8.48. The van der Waals surface area contributed by atoms with Crippen LogP contribution in [-0.2, 0) is 33.6 Å². The Hall–Kier alpha value is -2.67. The van der Waals surface area contributed by atoms with Gasteiger partial charge in [0, 0.05) is 11.3 Å². The summed E-state index contributed by atoms with van der Waals surface area (Å²) in [6.45, 7) is -0.381. The number of carbonyl (C=O) groups excluding carboxylic acids is 3. The maximum absolute atomic E-state index is 12.1. The molecule has 3 rings (SSSR count). The zero-order chi connectivity index (χ0) is 18.5. The highest BCUT2D eigenvalue weighted by Gasteiger charge is 2.26. The van der Waals surface area contributed by atoms with Crippen molar-refractivity contribution >= 4 is 34.1 Å². The quantitative estimate of drug-likeness (QED) is 0.729. The Morgan fingerprint density at radius 2 is 1.92 bits per heavy atom. The number of anilines is 1. The number of aryl methyl sites for hydroxylation is 2. The lowest BCUT2D eigenvalue weighted by Crippen LogP contribution is -2.22. The molecule has 6 nitrogen and oxygen atoms in total. The van der Waals surface area contributed by atoms with Gasteiger partial charge in [-0.05, 0) is 36.8 Å². The van der Waals surface area contributed by atoms with Crippen molar-refractivity contribution in [1.29, 1.82) is 0 Å². The van der Waals surface area contributed by atoms with Gasteiger partial charge in [-0.3, -0.25) is 14.4 Å². The van der Waals surface area contributed by atoms with Crippen molar-refractivity contribution in [2.24, 2.45) is 5.73 Å². The van der Waals surface area contributed by atoms with E-state index in [1.54, 1.807) is 0 Å². The molecule has 0 fully saturated rings. The zero-order valence-corrected chi connectivity index (χ0v) is 15.1. The molecular formula is C19H20N2O4S. The molecular weight excluding hydrogens is 352 g/mol. The fourth-order valence-electron chi connectivity index (χ4n) is 3.02. The molecule has 1 aromatic heterocycles. The summed E-state index contributed by atoms with van der Waals surface area (Å²) < 4.78 is 5.01. The van der Waals surface area contributed by atoms with Crippen molar-refractivity contribution in [2.45, 2.75) is 32.1 Å². The number of hydrogen-bond donors (Lipinski definition) is 2. The third-order valence-electron chi connectivity index (χ3n) is 4.25. The molecule has 26 heavy (non-hydrogen) atoms. The van der Waals surface area contributed by atoms with Gasteiger partial charge >= 0.3 is 5.97 Å². The van der Waals surface area contributed by atoms with Crippen molar-refractivity contribution in [2.75, 3.05) is 11.9 Å². The Kier molecular flexibility index (Phi) is 5.68. The van der Waals surface area contributed by atoms with E-state index in [0.29, 0.717) is 17.0 Å². The van der Waals surface area contributed by atoms with E-state index in [4.69, 9.17) is 10.5 Å². The number of amides is 2. The normalized spacial score (nSPS) is 12.5. The summed E-state index contributed by atoms with van der Waals surface area (Å²) in [7, 11) is 0. The molecule has 0 saturated heterocycles. The second kappa shape index (κ2) is 8.14. The van der Waals surface area contributed by atoms with E-state index in [1.165, 1.54) is 11.3 Å². The Balaban J connectivity index is 1.50. The highest BCUT2D eigenvalue weighted by molar-refractivity contribution is 7.17. The zero-order valence-electron chi connectivity index (χ0n) is 14.2. The highest BCUT2D eigenvalue weighted by Crippen LogP contribution is 2.38. The Morgan fingerprint density at radius 3 is 2.65 bits per heavy atom. The van der Waals surface area contributed by atoms with Gasteiger partial charge in [0.1, 0.15) is 5.00 Å². The number of thiophene rings is 1. The third kappa shape index (κ3) is 4.29. The van der Waals surface area contributed by atoms with E-state index in [0.717, 1.165) is 35.3 Å². The van der Waals surface area contributed by atoms with Gasteiger partial charge in [0.2, 0.25) is 0 Å². The van der Waals surface area contributed by atoms with Crippen LogP contribution in [0.3, 0.4) is 0 Å². The van der Waals surface area contributed by atoms with E-state index in [-0.39, 0.29) is 13.0 Å². The molecule has 2 aromatic rings. The predicted molar refractivity (Wildman–Crippen MR) is 99.2 cm³/mol. The molecule has 0 radical (unpaired) electrons. The molecule has 1 aliphatic rings. The molecule has 0 aliphatic heterocycles. The van der Waals surface area contributed by atoms with Gasteiger partial charge in [0.05, 0.1) is 5.56 Å². The minimum absolute atomic E-state index is 0.205. The molecule has 0 bridgehead atoms. The van der Waals surface area contributed by atoms with Crippen LogP contribution in [0.25, 0.3) is 0 Å². The number of fused-ring (bicyclic) bond motifs is 1. The molecule has 1 heterocycles. The Morgan fingerprint density at radius 1 is 1.15 bits per heavy atom. The van der Waals surface area contributed by atoms with Gasteiger partial charge in [0.25, 0.3) is 11.8 Å². The van der Waals surface area contributed by atoms with Crippen LogP contribution in [0.15, 0.2) is 30.3 Å². The highest BCUT2D eigenvalue weighted by atomic mass is 32.1. The standard InChI is InChI=1S/C19H20N2O4S/c20-18(24)17-13-7-4-8-14(13)26-19(17)21-15(22)11-25-16(23)10-9-12-5-2-1-3-6-12/h1-3,5-6H,4,7-11H2,(H2,20,24)(H,21,22). The van der Waals surface area contributed by atoms with Crippen LogP contribution in [0.4, 0.5) is 5.00 Å². The van der Waals surface area contributed by atoms with Gasteiger partial charge in [-0.1, -0.05) is 30.3 Å². The van der Waals surface area contributed by atoms with Crippen LogP contribution in [0, 0.1) is 0 Å². The molecule has 2 amide bonds. The number of benzene rings is 1. The van der Waals surface area contributed by atoms with Crippen LogP contribution in [0.5, 0.6) is 0 Å². The molecule has 1 aromatic carbocycles. The van der Waals surface area contributed by atoms with E-state index in [1.807, 2.05) is 30.3 Å². The lowest BCUT2D eigenvalue weighted by atomic mass is 10.1. The number of esters is 1. The van der Waals surface area contributed by atoms with E-state index in [9.17, 15) is 14.4 Å². The average Bonchev–Trinajstić information content (AvgIpc) is 3.19.